The Labute approximate surface area is 401 Å². The van der Waals surface area contributed by atoms with Crippen molar-refractivity contribution in [3.8, 4) is 61.3 Å². The molecule has 2 aromatic heterocycles. The van der Waals surface area contributed by atoms with Gasteiger partial charge in [0, 0.05) is 49.5 Å². The van der Waals surface area contributed by atoms with Gasteiger partial charge in [0.1, 0.15) is 11.2 Å². The van der Waals surface area contributed by atoms with Crippen LogP contribution in [0, 0.1) is 0 Å². The van der Waals surface area contributed by atoms with Gasteiger partial charge < -0.3 is 13.9 Å². The standard InChI is InChI=1S/C66H44N2O/c1-2-19-45(20-3-1)46-37-39-48(40-38-46)51-22-6-12-31-60(51)67(49-43-41-47(42-44-49)50-21-4-5-23-52(50)58-29-18-30-59-57-28-11-17-36-65(57)69-66(58)59)61-32-13-7-24-53(61)54-25-8-14-33-62(54)68-63-34-15-9-26-55(63)56-27-10-16-35-64(56)68/h1-44H. The van der Waals surface area contributed by atoms with Crippen LogP contribution in [-0.2, 0) is 0 Å². The average molecular weight is 881 g/mol. The van der Waals surface area contributed by atoms with E-state index < -0.39 is 0 Å². The van der Waals surface area contributed by atoms with E-state index in [-0.39, 0.29) is 0 Å². The summed E-state index contributed by atoms with van der Waals surface area (Å²) in [6.45, 7) is 0. The Hall–Kier alpha value is -9.18. The van der Waals surface area contributed by atoms with Crippen molar-refractivity contribution in [3.63, 3.8) is 0 Å². The highest BCUT2D eigenvalue weighted by molar-refractivity contribution is 6.11. The second kappa shape index (κ2) is 16.9. The molecule has 0 fully saturated rings. The summed E-state index contributed by atoms with van der Waals surface area (Å²) in [4.78, 5) is 2.45. The lowest BCUT2D eigenvalue weighted by molar-refractivity contribution is 0.670. The van der Waals surface area contributed by atoms with Crippen molar-refractivity contribution in [3.05, 3.63) is 267 Å². The Morgan fingerprint density at radius 3 is 1.46 bits per heavy atom. The van der Waals surface area contributed by atoms with Gasteiger partial charge in [0.15, 0.2) is 0 Å². The molecule has 13 rings (SSSR count). The molecule has 69 heavy (non-hydrogen) atoms. The number of rotatable bonds is 9. The summed E-state index contributed by atoms with van der Waals surface area (Å²) in [5, 5.41) is 4.72. The van der Waals surface area contributed by atoms with E-state index >= 15 is 0 Å². The van der Waals surface area contributed by atoms with Crippen LogP contribution < -0.4 is 4.90 Å². The molecule has 2 heterocycles. The number of hydrogen-bond acceptors (Lipinski definition) is 2. The van der Waals surface area contributed by atoms with E-state index in [0.29, 0.717) is 0 Å². The SMILES string of the molecule is c1ccc(-c2ccc(-c3ccccc3N(c3ccc(-c4ccccc4-c4cccc5c4oc4ccccc45)cc3)c3ccccc3-c3ccccc3-n3c4ccccc4c4ccccc43)cc2)cc1. The average Bonchev–Trinajstić information content (AvgIpc) is 3.98. The summed E-state index contributed by atoms with van der Waals surface area (Å²) in [5.41, 5.74) is 19.9. The molecular weight excluding hydrogens is 837 g/mol. The minimum Gasteiger partial charge on any atom is -0.455 e. The van der Waals surface area contributed by atoms with Gasteiger partial charge >= 0.3 is 0 Å². The van der Waals surface area contributed by atoms with Crippen LogP contribution in [0.1, 0.15) is 0 Å². The topological polar surface area (TPSA) is 21.3 Å². The fourth-order valence-corrected chi connectivity index (χ4v) is 10.5. The van der Waals surface area contributed by atoms with Gasteiger partial charge in [0.25, 0.3) is 0 Å². The van der Waals surface area contributed by atoms with Crippen LogP contribution >= 0.6 is 0 Å². The fourth-order valence-electron chi connectivity index (χ4n) is 10.5. The van der Waals surface area contributed by atoms with E-state index in [1.807, 2.05) is 6.07 Å². The minimum absolute atomic E-state index is 0.896. The molecule has 0 aliphatic heterocycles. The third-order valence-corrected chi connectivity index (χ3v) is 13.7. The van der Waals surface area contributed by atoms with Gasteiger partial charge in [-0.2, -0.15) is 0 Å². The summed E-state index contributed by atoms with van der Waals surface area (Å²) in [7, 11) is 0. The quantitative estimate of drug-likeness (QED) is 0.144. The highest BCUT2D eigenvalue weighted by Crippen LogP contribution is 2.48. The zero-order chi connectivity index (χ0) is 45.7. The first-order valence-electron chi connectivity index (χ1n) is 23.6. The van der Waals surface area contributed by atoms with Gasteiger partial charge in [-0.1, -0.05) is 218 Å². The lowest BCUT2D eigenvalue weighted by Gasteiger charge is -2.30. The molecule has 0 radical (unpaired) electrons. The maximum Gasteiger partial charge on any atom is 0.143 e. The molecule has 0 aliphatic carbocycles. The van der Waals surface area contributed by atoms with Crippen LogP contribution in [0.4, 0.5) is 17.1 Å². The first-order valence-corrected chi connectivity index (χ1v) is 23.6. The van der Waals surface area contributed by atoms with Crippen molar-refractivity contribution >= 4 is 60.8 Å². The Morgan fingerprint density at radius 1 is 0.275 bits per heavy atom. The molecule has 0 unspecified atom stereocenters. The Kier molecular flexibility index (Phi) is 9.84. The van der Waals surface area contributed by atoms with Gasteiger partial charge in [-0.15, -0.1) is 0 Å². The zero-order valence-corrected chi connectivity index (χ0v) is 37.7. The predicted octanol–water partition coefficient (Wildman–Crippen LogP) is 18.5. The number of benzene rings is 11. The lowest BCUT2D eigenvalue weighted by atomic mass is 9.93. The van der Waals surface area contributed by atoms with Crippen LogP contribution in [-0.4, -0.2) is 4.57 Å². The summed E-state index contributed by atoms with van der Waals surface area (Å²) in [5.74, 6) is 0. The Bertz CT molecular complexity index is 3960. The van der Waals surface area contributed by atoms with Crippen LogP contribution in [0.3, 0.4) is 0 Å². The van der Waals surface area contributed by atoms with Gasteiger partial charge in [0.05, 0.1) is 28.1 Å². The van der Waals surface area contributed by atoms with E-state index in [0.717, 1.165) is 89.2 Å². The first kappa shape index (κ1) is 40.1. The normalized spacial score (nSPS) is 11.5. The molecule has 0 saturated carbocycles. The summed E-state index contributed by atoms with van der Waals surface area (Å²) in [6.07, 6.45) is 0. The first-order chi connectivity index (χ1) is 34.3. The Morgan fingerprint density at radius 2 is 0.739 bits per heavy atom. The van der Waals surface area contributed by atoms with Crippen molar-refractivity contribution in [2.75, 3.05) is 4.90 Å². The molecule has 0 spiro atoms. The molecule has 324 valence electrons. The molecule has 0 atom stereocenters. The maximum atomic E-state index is 6.57. The van der Waals surface area contributed by atoms with Crippen molar-refractivity contribution in [2.24, 2.45) is 0 Å². The number of para-hydroxylation sites is 7. The van der Waals surface area contributed by atoms with E-state index in [9.17, 15) is 0 Å². The van der Waals surface area contributed by atoms with E-state index in [4.69, 9.17) is 4.42 Å². The van der Waals surface area contributed by atoms with E-state index in [1.54, 1.807) is 0 Å². The number of hydrogen-bond donors (Lipinski definition) is 0. The van der Waals surface area contributed by atoms with E-state index in [2.05, 4.69) is 270 Å². The third-order valence-electron chi connectivity index (χ3n) is 13.7. The highest BCUT2D eigenvalue weighted by Gasteiger charge is 2.24. The summed E-state index contributed by atoms with van der Waals surface area (Å²) < 4.78 is 9.00. The second-order valence-corrected chi connectivity index (χ2v) is 17.6. The lowest BCUT2D eigenvalue weighted by Crippen LogP contribution is -2.13. The second-order valence-electron chi connectivity index (χ2n) is 17.6. The van der Waals surface area contributed by atoms with Gasteiger partial charge in [0.2, 0.25) is 0 Å². The van der Waals surface area contributed by atoms with Crippen molar-refractivity contribution in [1.82, 2.24) is 4.57 Å². The number of furan rings is 1. The van der Waals surface area contributed by atoms with Gasteiger partial charge in [-0.25, -0.2) is 0 Å². The van der Waals surface area contributed by atoms with Gasteiger partial charge in [-0.3, -0.25) is 0 Å². The molecule has 0 N–H and O–H groups in total. The fraction of sp³-hybridized carbons (Fsp3) is 0. The van der Waals surface area contributed by atoms with Crippen LogP contribution in [0.15, 0.2) is 271 Å². The van der Waals surface area contributed by atoms with Crippen molar-refractivity contribution < 1.29 is 4.42 Å². The number of fused-ring (bicyclic) bond motifs is 6. The number of aromatic nitrogens is 1. The van der Waals surface area contributed by atoms with Gasteiger partial charge in [-0.05, 0) is 81.9 Å². The number of nitrogens with zero attached hydrogens (tertiary/aromatic N) is 2. The Balaban J connectivity index is 0.989. The molecule has 13 aromatic rings. The molecule has 0 saturated heterocycles. The summed E-state index contributed by atoms with van der Waals surface area (Å²) in [6, 6.07) is 96.1. The zero-order valence-electron chi connectivity index (χ0n) is 37.7. The molecule has 3 heteroatoms. The smallest absolute Gasteiger partial charge is 0.143 e. The summed E-state index contributed by atoms with van der Waals surface area (Å²) >= 11 is 0. The van der Waals surface area contributed by atoms with Crippen molar-refractivity contribution in [2.45, 2.75) is 0 Å². The van der Waals surface area contributed by atoms with Crippen LogP contribution in [0.25, 0.3) is 105 Å². The monoisotopic (exact) mass is 880 g/mol. The van der Waals surface area contributed by atoms with Crippen molar-refractivity contribution in [1.29, 1.82) is 0 Å². The molecule has 11 aromatic carbocycles. The molecule has 0 aliphatic rings. The highest BCUT2D eigenvalue weighted by atomic mass is 16.3. The molecular formula is C66H44N2O. The maximum absolute atomic E-state index is 6.57. The van der Waals surface area contributed by atoms with E-state index in [1.165, 1.54) is 32.9 Å². The molecule has 3 nitrogen and oxygen atoms in total. The van der Waals surface area contributed by atoms with Crippen LogP contribution in [0.2, 0.25) is 0 Å². The minimum atomic E-state index is 0.896. The number of anilines is 3. The van der Waals surface area contributed by atoms with Crippen LogP contribution in [0.5, 0.6) is 0 Å². The predicted molar refractivity (Wildman–Crippen MR) is 290 cm³/mol. The largest absolute Gasteiger partial charge is 0.455 e. The third kappa shape index (κ3) is 6.91. The molecule has 0 amide bonds. The molecule has 0 bridgehead atoms.